The molecule has 0 aliphatic carbocycles. The van der Waals surface area contributed by atoms with Gasteiger partial charge in [0.25, 0.3) is 0 Å². The normalized spacial score (nSPS) is 16.3. The van der Waals surface area contributed by atoms with E-state index in [1.165, 1.54) is 24.3 Å². The maximum atomic E-state index is 14.4. The molecule has 8 heteroatoms. The number of nitrogens with zero attached hydrogens (tertiary/aromatic N) is 5. The van der Waals surface area contributed by atoms with Crippen molar-refractivity contribution in [3.05, 3.63) is 71.9 Å². The van der Waals surface area contributed by atoms with Gasteiger partial charge in [0.05, 0.1) is 11.3 Å². The highest BCUT2D eigenvalue weighted by Gasteiger charge is 2.24. The van der Waals surface area contributed by atoms with Gasteiger partial charge in [-0.25, -0.2) is 18.7 Å². The Kier molecular flexibility index (Phi) is 5.04. The third-order valence-corrected chi connectivity index (χ3v) is 5.76. The molecule has 1 aliphatic heterocycles. The first-order valence-electron chi connectivity index (χ1n) is 10.4. The first-order valence-corrected chi connectivity index (χ1v) is 10.4. The second-order valence-corrected chi connectivity index (χ2v) is 7.90. The summed E-state index contributed by atoms with van der Waals surface area (Å²) in [4.78, 5) is 11.6. The fraction of sp³-hybridized carbons (Fsp3) is 0.208. The number of aromatic nitrogens is 3. The van der Waals surface area contributed by atoms with E-state index in [1.807, 2.05) is 12.1 Å². The summed E-state index contributed by atoms with van der Waals surface area (Å²) in [5.74, 6) is -0.533. The van der Waals surface area contributed by atoms with Crippen LogP contribution in [-0.4, -0.2) is 33.7 Å². The molecule has 1 unspecified atom stereocenters. The summed E-state index contributed by atoms with van der Waals surface area (Å²) >= 11 is 0. The molecule has 32 heavy (non-hydrogen) atoms. The maximum Gasteiger partial charge on any atom is 0.167 e. The van der Waals surface area contributed by atoms with E-state index in [-0.39, 0.29) is 17.4 Å². The molecule has 1 fully saturated rings. The van der Waals surface area contributed by atoms with E-state index in [2.05, 4.69) is 9.88 Å². The molecule has 0 bridgehead atoms. The van der Waals surface area contributed by atoms with Gasteiger partial charge in [-0.3, -0.25) is 4.57 Å². The lowest BCUT2D eigenvalue weighted by Gasteiger charge is -2.32. The lowest BCUT2D eigenvalue weighted by molar-refractivity contribution is 0.507. The van der Waals surface area contributed by atoms with Gasteiger partial charge in [0, 0.05) is 36.6 Å². The molecule has 5 rings (SSSR count). The summed E-state index contributed by atoms with van der Waals surface area (Å²) in [6.45, 7) is 1.57. The zero-order valence-corrected chi connectivity index (χ0v) is 17.2. The van der Waals surface area contributed by atoms with Crippen LogP contribution in [0.2, 0.25) is 0 Å². The Balaban J connectivity index is 1.75. The topological polar surface area (TPSA) is 83.8 Å². The van der Waals surface area contributed by atoms with E-state index < -0.39 is 5.82 Å². The monoisotopic (exact) mass is 430 g/mol. The highest BCUT2D eigenvalue weighted by molar-refractivity contribution is 5.90. The number of anilines is 1. The van der Waals surface area contributed by atoms with Crippen molar-refractivity contribution in [2.45, 2.75) is 18.9 Å². The number of nitriles is 1. The number of imidazole rings is 1. The summed E-state index contributed by atoms with van der Waals surface area (Å²) < 4.78 is 29.8. The zero-order valence-electron chi connectivity index (χ0n) is 17.2. The maximum absolute atomic E-state index is 14.4. The van der Waals surface area contributed by atoms with Gasteiger partial charge in [-0.1, -0.05) is 0 Å². The summed E-state index contributed by atoms with van der Waals surface area (Å²) in [5.41, 5.74) is 9.43. The minimum absolute atomic E-state index is 0.0423. The van der Waals surface area contributed by atoms with Crippen LogP contribution in [0.5, 0.6) is 0 Å². The molecule has 0 spiro atoms. The number of nitrogens with two attached hydrogens (primary N) is 1. The summed E-state index contributed by atoms with van der Waals surface area (Å²) in [5, 5.41) is 9.08. The molecule has 0 radical (unpaired) electrons. The van der Waals surface area contributed by atoms with Crippen LogP contribution >= 0.6 is 0 Å². The fourth-order valence-corrected chi connectivity index (χ4v) is 4.22. The van der Waals surface area contributed by atoms with Crippen LogP contribution in [0.4, 0.5) is 14.5 Å². The SMILES string of the molecule is N#Cc1ccc(-c2nc3c(N4CCCC(N)C4)ccnc3n2-c2ccc(F)cc2)cc1F. The number of benzene rings is 2. The lowest BCUT2D eigenvalue weighted by atomic mass is 10.1. The first-order chi connectivity index (χ1) is 15.5. The van der Waals surface area contributed by atoms with Crippen molar-refractivity contribution < 1.29 is 8.78 Å². The zero-order chi connectivity index (χ0) is 22.2. The van der Waals surface area contributed by atoms with Crippen LogP contribution in [0.25, 0.3) is 28.2 Å². The predicted molar refractivity (Wildman–Crippen MR) is 118 cm³/mol. The standard InChI is InChI=1S/C24H20F2N6/c25-17-5-7-19(8-6-17)32-23(15-3-4-16(13-27)20(26)12-15)30-22-21(9-10-29-24(22)32)31-11-1-2-18(28)14-31/h3-10,12,18H,1-2,11,14,28H2. The minimum Gasteiger partial charge on any atom is -0.368 e. The molecule has 2 aromatic heterocycles. The Labute approximate surface area is 183 Å². The summed E-state index contributed by atoms with van der Waals surface area (Å²) in [6, 6.07) is 14.2. The molecule has 0 amide bonds. The quantitative estimate of drug-likeness (QED) is 0.528. The molecule has 1 atom stereocenters. The van der Waals surface area contributed by atoms with E-state index in [1.54, 1.807) is 29.0 Å². The second-order valence-electron chi connectivity index (χ2n) is 7.90. The van der Waals surface area contributed by atoms with E-state index in [0.29, 0.717) is 34.8 Å². The van der Waals surface area contributed by atoms with Gasteiger partial charge in [-0.2, -0.15) is 5.26 Å². The summed E-state index contributed by atoms with van der Waals surface area (Å²) in [6.07, 6.45) is 3.67. The van der Waals surface area contributed by atoms with E-state index >= 15 is 0 Å². The van der Waals surface area contributed by atoms with Crippen LogP contribution < -0.4 is 10.6 Å². The van der Waals surface area contributed by atoms with Gasteiger partial charge < -0.3 is 10.6 Å². The average Bonchev–Trinajstić information content (AvgIpc) is 3.19. The average molecular weight is 430 g/mol. The largest absolute Gasteiger partial charge is 0.368 e. The third-order valence-electron chi connectivity index (χ3n) is 5.76. The third kappa shape index (κ3) is 3.47. The first kappa shape index (κ1) is 20.1. The molecule has 2 aromatic carbocycles. The number of hydrogen-bond donors (Lipinski definition) is 1. The van der Waals surface area contributed by atoms with Gasteiger partial charge in [-0.15, -0.1) is 0 Å². The van der Waals surface area contributed by atoms with Crippen molar-refractivity contribution in [2.24, 2.45) is 5.73 Å². The van der Waals surface area contributed by atoms with Crippen LogP contribution in [0.3, 0.4) is 0 Å². The number of piperidine rings is 1. The fourth-order valence-electron chi connectivity index (χ4n) is 4.22. The Morgan fingerprint density at radius 2 is 1.91 bits per heavy atom. The predicted octanol–water partition coefficient (Wildman–Crippen LogP) is 4.16. The number of pyridine rings is 1. The Morgan fingerprint density at radius 1 is 1.09 bits per heavy atom. The smallest absolute Gasteiger partial charge is 0.167 e. The van der Waals surface area contributed by atoms with Crippen molar-refractivity contribution in [1.29, 1.82) is 5.26 Å². The number of fused-ring (bicyclic) bond motifs is 1. The van der Waals surface area contributed by atoms with Crippen LogP contribution in [-0.2, 0) is 0 Å². The van der Waals surface area contributed by atoms with Crippen molar-refractivity contribution in [2.75, 3.05) is 18.0 Å². The Morgan fingerprint density at radius 3 is 2.62 bits per heavy atom. The van der Waals surface area contributed by atoms with Gasteiger partial charge in [-0.05, 0) is 61.4 Å². The summed E-state index contributed by atoms with van der Waals surface area (Å²) in [7, 11) is 0. The van der Waals surface area contributed by atoms with Crippen LogP contribution in [0.15, 0.2) is 54.7 Å². The second kappa shape index (κ2) is 8.02. The van der Waals surface area contributed by atoms with Gasteiger partial charge in [0.15, 0.2) is 5.65 Å². The van der Waals surface area contributed by atoms with Crippen molar-refractivity contribution in [3.63, 3.8) is 0 Å². The number of halogens is 2. The highest BCUT2D eigenvalue weighted by Crippen LogP contribution is 2.34. The number of hydrogen-bond acceptors (Lipinski definition) is 5. The van der Waals surface area contributed by atoms with Crippen molar-refractivity contribution in [1.82, 2.24) is 14.5 Å². The van der Waals surface area contributed by atoms with Crippen LogP contribution in [0.1, 0.15) is 18.4 Å². The van der Waals surface area contributed by atoms with E-state index in [9.17, 15) is 8.78 Å². The number of rotatable bonds is 3. The molecule has 3 heterocycles. The van der Waals surface area contributed by atoms with E-state index in [4.69, 9.17) is 16.0 Å². The minimum atomic E-state index is -0.627. The van der Waals surface area contributed by atoms with Gasteiger partial charge in [0.1, 0.15) is 29.0 Å². The molecule has 2 N–H and O–H groups in total. The molecule has 160 valence electrons. The van der Waals surface area contributed by atoms with E-state index in [0.717, 1.165) is 25.1 Å². The Hall–Kier alpha value is -3.83. The van der Waals surface area contributed by atoms with Gasteiger partial charge >= 0.3 is 0 Å². The Bertz CT molecular complexity index is 1340. The van der Waals surface area contributed by atoms with Crippen molar-refractivity contribution >= 4 is 16.9 Å². The molecule has 0 saturated carbocycles. The molecule has 4 aromatic rings. The van der Waals surface area contributed by atoms with Gasteiger partial charge in [0.2, 0.25) is 0 Å². The molecular formula is C24H20F2N6. The molecule has 1 saturated heterocycles. The molecule has 6 nitrogen and oxygen atoms in total. The lowest BCUT2D eigenvalue weighted by Crippen LogP contribution is -2.42. The molecular weight excluding hydrogens is 410 g/mol. The molecule has 1 aliphatic rings. The van der Waals surface area contributed by atoms with Crippen molar-refractivity contribution in [3.8, 4) is 23.1 Å². The van der Waals surface area contributed by atoms with Crippen LogP contribution in [0, 0.1) is 23.0 Å². The highest BCUT2D eigenvalue weighted by atomic mass is 19.1.